The number of carbonyl (C=O) groups is 2. The van der Waals surface area contributed by atoms with E-state index in [1.807, 2.05) is 41.1 Å². The van der Waals surface area contributed by atoms with E-state index in [9.17, 15) is 19.1 Å². The number of rotatable bonds is 6. The third kappa shape index (κ3) is 2.55. The van der Waals surface area contributed by atoms with Gasteiger partial charge in [-0.05, 0) is 73.9 Å². The summed E-state index contributed by atoms with van der Waals surface area (Å²) in [4.78, 5) is 25.0. The monoisotopic (exact) mass is 458 g/mol. The fourth-order valence-electron chi connectivity index (χ4n) is 6.61. The summed E-state index contributed by atoms with van der Waals surface area (Å²) in [5.41, 5.74) is 1.16. The highest BCUT2D eigenvalue weighted by atomic mass is 19.1. The summed E-state index contributed by atoms with van der Waals surface area (Å²) in [5, 5.41) is 14.5. The number of para-hydroxylation sites is 1. The lowest BCUT2D eigenvalue weighted by Crippen LogP contribution is -2.73. The molecule has 2 aromatic heterocycles. The summed E-state index contributed by atoms with van der Waals surface area (Å²) in [6.07, 6.45) is 5.75. The van der Waals surface area contributed by atoms with E-state index in [1.54, 1.807) is 6.07 Å². The number of aliphatic carboxylic acids is 1. The second-order valence-corrected chi connectivity index (χ2v) is 10.5. The van der Waals surface area contributed by atoms with Gasteiger partial charge in [-0.3, -0.25) is 9.59 Å². The van der Waals surface area contributed by atoms with Gasteiger partial charge in [0, 0.05) is 22.5 Å². The Kier molecular flexibility index (Phi) is 3.66. The smallest absolute Gasteiger partial charge is 0.309 e. The molecule has 2 bridgehead atoms. The first-order chi connectivity index (χ1) is 16.3. The maximum Gasteiger partial charge on any atom is 0.309 e. The SMILES string of the molecule is O=C(NC1(C23CC(C(=O)O)(C2)C3)CC1)c1cccc2ccn(Cc3cc4cc(F)ccc4o3)c12. The van der Waals surface area contributed by atoms with E-state index in [4.69, 9.17) is 4.42 Å². The van der Waals surface area contributed by atoms with Crippen molar-refractivity contribution in [1.82, 2.24) is 9.88 Å². The summed E-state index contributed by atoms with van der Waals surface area (Å²) >= 11 is 0. The van der Waals surface area contributed by atoms with E-state index >= 15 is 0 Å². The molecule has 7 heteroatoms. The minimum Gasteiger partial charge on any atom is -0.481 e. The van der Waals surface area contributed by atoms with Gasteiger partial charge < -0.3 is 19.4 Å². The fraction of sp³-hybridized carbons (Fsp3) is 0.333. The topological polar surface area (TPSA) is 84.5 Å². The third-order valence-electron chi connectivity index (χ3n) is 8.49. The van der Waals surface area contributed by atoms with Gasteiger partial charge in [-0.1, -0.05) is 12.1 Å². The van der Waals surface area contributed by atoms with Gasteiger partial charge in [0.2, 0.25) is 0 Å². The molecule has 0 radical (unpaired) electrons. The lowest BCUT2D eigenvalue weighted by molar-refractivity contribution is -0.236. The fourth-order valence-corrected chi connectivity index (χ4v) is 6.61. The molecule has 2 N–H and O–H groups in total. The zero-order valence-corrected chi connectivity index (χ0v) is 18.4. The second kappa shape index (κ2) is 6.29. The predicted molar refractivity (Wildman–Crippen MR) is 123 cm³/mol. The number of benzene rings is 2. The maximum atomic E-state index is 13.6. The van der Waals surface area contributed by atoms with Crippen LogP contribution in [0.2, 0.25) is 0 Å². The summed E-state index contributed by atoms with van der Waals surface area (Å²) in [7, 11) is 0. The molecule has 0 saturated heterocycles. The van der Waals surface area contributed by atoms with E-state index in [2.05, 4.69) is 5.32 Å². The number of halogens is 1. The highest BCUT2D eigenvalue weighted by Crippen LogP contribution is 2.81. The predicted octanol–water partition coefficient (Wildman–Crippen LogP) is 5.09. The van der Waals surface area contributed by atoms with Crippen LogP contribution in [0.3, 0.4) is 0 Å². The van der Waals surface area contributed by atoms with Gasteiger partial charge in [0.15, 0.2) is 0 Å². The zero-order valence-electron chi connectivity index (χ0n) is 18.4. The number of nitrogens with zero attached hydrogens (tertiary/aromatic N) is 1. The molecule has 0 atom stereocenters. The molecule has 34 heavy (non-hydrogen) atoms. The maximum absolute atomic E-state index is 13.6. The Labute approximate surface area is 194 Å². The van der Waals surface area contributed by atoms with Crippen molar-refractivity contribution in [2.45, 2.75) is 44.2 Å². The molecule has 4 aliphatic carbocycles. The van der Waals surface area contributed by atoms with E-state index in [1.165, 1.54) is 12.1 Å². The van der Waals surface area contributed by atoms with Crippen LogP contribution >= 0.6 is 0 Å². The molecule has 172 valence electrons. The van der Waals surface area contributed by atoms with Crippen LogP contribution in [0.4, 0.5) is 4.39 Å². The number of hydrogen-bond donors (Lipinski definition) is 2. The van der Waals surface area contributed by atoms with Crippen molar-refractivity contribution < 1.29 is 23.5 Å². The first kappa shape index (κ1) is 19.8. The van der Waals surface area contributed by atoms with Crippen molar-refractivity contribution in [1.29, 1.82) is 0 Å². The average Bonchev–Trinajstić information content (AvgIpc) is 3.21. The number of nitrogens with one attached hydrogen (secondary N) is 1. The molecule has 6 nitrogen and oxygen atoms in total. The van der Waals surface area contributed by atoms with Crippen molar-refractivity contribution in [3.8, 4) is 0 Å². The number of hydrogen-bond acceptors (Lipinski definition) is 3. The van der Waals surface area contributed by atoms with Crippen LogP contribution in [0.15, 0.2) is 59.1 Å². The van der Waals surface area contributed by atoms with E-state index < -0.39 is 11.4 Å². The minimum atomic E-state index is -0.701. The number of carboxylic acids is 1. The standard InChI is InChI=1S/C27H23FN2O4/c28-18-4-5-21-17(10-18)11-19(34-21)12-30-9-6-16-2-1-3-20(22(16)30)23(31)29-27(7-8-27)26-13-25(14-26,15-26)24(32)33/h1-6,9-11H,7-8,12-15H2,(H,29,31)(H,32,33). The Balaban J connectivity index is 1.18. The van der Waals surface area contributed by atoms with E-state index in [0.29, 0.717) is 48.1 Å². The van der Waals surface area contributed by atoms with Crippen LogP contribution in [-0.4, -0.2) is 27.1 Å². The molecule has 8 rings (SSSR count). The molecule has 2 heterocycles. The summed E-state index contributed by atoms with van der Waals surface area (Å²) in [5.74, 6) is -0.451. The molecule has 4 fully saturated rings. The summed E-state index contributed by atoms with van der Waals surface area (Å²) in [6, 6.07) is 13.9. The van der Waals surface area contributed by atoms with Gasteiger partial charge >= 0.3 is 5.97 Å². The van der Waals surface area contributed by atoms with Crippen molar-refractivity contribution in [3.05, 3.63) is 71.9 Å². The summed E-state index contributed by atoms with van der Waals surface area (Å²) < 4.78 is 21.5. The molecule has 4 aliphatic rings. The third-order valence-corrected chi connectivity index (χ3v) is 8.49. The van der Waals surface area contributed by atoms with Gasteiger partial charge in [0.1, 0.15) is 17.2 Å². The number of fused-ring (bicyclic) bond motifs is 2. The van der Waals surface area contributed by atoms with Gasteiger partial charge in [-0.25, -0.2) is 4.39 Å². The van der Waals surface area contributed by atoms with Crippen LogP contribution in [0.5, 0.6) is 0 Å². The van der Waals surface area contributed by atoms with Crippen LogP contribution in [0.25, 0.3) is 21.9 Å². The highest BCUT2D eigenvalue weighted by Gasteiger charge is 2.81. The number of furan rings is 1. The van der Waals surface area contributed by atoms with Crippen LogP contribution in [0, 0.1) is 16.6 Å². The Hall–Kier alpha value is -3.61. The Morgan fingerprint density at radius 1 is 1.06 bits per heavy atom. The molecule has 4 aromatic rings. The molecular formula is C27H23FN2O4. The first-order valence-electron chi connectivity index (χ1n) is 11.6. The molecule has 2 aromatic carbocycles. The average molecular weight is 458 g/mol. The number of amides is 1. The quantitative estimate of drug-likeness (QED) is 0.421. The first-order valence-corrected chi connectivity index (χ1v) is 11.6. The van der Waals surface area contributed by atoms with Gasteiger partial charge in [0.05, 0.1) is 23.0 Å². The normalized spacial score (nSPS) is 26.1. The molecule has 0 unspecified atom stereocenters. The van der Waals surface area contributed by atoms with Crippen molar-refractivity contribution >= 4 is 33.7 Å². The van der Waals surface area contributed by atoms with Crippen LogP contribution < -0.4 is 5.32 Å². The van der Waals surface area contributed by atoms with E-state index in [-0.39, 0.29) is 22.7 Å². The lowest BCUT2D eigenvalue weighted by Gasteiger charge is -2.71. The second-order valence-electron chi connectivity index (χ2n) is 10.5. The summed E-state index contributed by atoms with van der Waals surface area (Å²) in [6.45, 7) is 0.417. The van der Waals surface area contributed by atoms with E-state index in [0.717, 1.165) is 23.7 Å². The number of carbonyl (C=O) groups excluding carboxylic acids is 1. The van der Waals surface area contributed by atoms with Crippen molar-refractivity contribution in [2.75, 3.05) is 0 Å². The minimum absolute atomic E-state index is 0.0551. The molecular weight excluding hydrogens is 435 g/mol. The highest BCUT2D eigenvalue weighted by molar-refractivity contribution is 6.06. The lowest BCUT2D eigenvalue weighted by atomic mass is 9.32. The molecule has 0 spiro atoms. The largest absolute Gasteiger partial charge is 0.481 e. The van der Waals surface area contributed by atoms with Crippen molar-refractivity contribution in [3.63, 3.8) is 0 Å². The van der Waals surface area contributed by atoms with Crippen LogP contribution in [-0.2, 0) is 11.3 Å². The Morgan fingerprint density at radius 2 is 1.85 bits per heavy atom. The molecule has 0 aliphatic heterocycles. The Bertz CT molecular complexity index is 1510. The Morgan fingerprint density at radius 3 is 2.59 bits per heavy atom. The van der Waals surface area contributed by atoms with Gasteiger partial charge in [0.25, 0.3) is 5.91 Å². The van der Waals surface area contributed by atoms with Crippen molar-refractivity contribution in [2.24, 2.45) is 10.8 Å². The molecule has 4 saturated carbocycles. The van der Waals surface area contributed by atoms with Gasteiger partial charge in [-0.2, -0.15) is 0 Å². The van der Waals surface area contributed by atoms with Crippen LogP contribution in [0.1, 0.15) is 48.2 Å². The molecule has 1 amide bonds. The number of carboxylic acid groups (broad SMARTS) is 1. The number of aromatic nitrogens is 1. The zero-order chi connectivity index (χ0) is 23.3. The van der Waals surface area contributed by atoms with Gasteiger partial charge in [-0.15, -0.1) is 0 Å².